The van der Waals surface area contributed by atoms with Gasteiger partial charge in [-0.25, -0.2) is 9.18 Å². The first-order chi connectivity index (χ1) is 10.0. The zero-order valence-corrected chi connectivity index (χ0v) is 11.8. The first-order valence-electron chi connectivity index (χ1n) is 7.02. The van der Waals surface area contributed by atoms with Crippen molar-refractivity contribution in [3.8, 4) is 0 Å². The molecule has 1 aliphatic carbocycles. The van der Waals surface area contributed by atoms with E-state index in [0.717, 1.165) is 25.3 Å². The van der Waals surface area contributed by atoms with Crippen LogP contribution >= 0.6 is 0 Å². The van der Waals surface area contributed by atoms with Gasteiger partial charge in [0, 0.05) is 12.1 Å². The standard InChI is InChI=1S/C16H18FNO3/c1-2-3-11-9-14(11)18-16(21)12-8-10(4-6-13(12)17)5-7-15(19)20/h4-8,11,14H,2-3,9H2,1H3,(H,18,21)(H,19,20)/b7-5+. The van der Waals surface area contributed by atoms with Crippen LogP contribution in [0.15, 0.2) is 24.3 Å². The van der Waals surface area contributed by atoms with Gasteiger partial charge in [-0.3, -0.25) is 4.79 Å². The average Bonchev–Trinajstić information content (AvgIpc) is 3.16. The fourth-order valence-electron chi connectivity index (χ4n) is 2.35. The summed E-state index contributed by atoms with van der Waals surface area (Å²) in [6.07, 6.45) is 5.36. The largest absolute Gasteiger partial charge is 0.478 e. The number of nitrogens with one attached hydrogen (secondary N) is 1. The van der Waals surface area contributed by atoms with Crippen molar-refractivity contribution < 1.29 is 19.1 Å². The normalized spacial score (nSPS) is 20.5. The van der Waals surface area contributed by atoms with E-state index < -0.39 is 17.7 Å². The van der Waals surface area contributed by atoms with Crippen LogP contribution in [0.25, 0.3) is 6.08 Å². The highest BCUT2D eigenvalue weighted by atomic mass is 19.1. The van der Waals surface area contributed by atoms with E-state index in [0.29, 0.717) is 11.5 Å². The van der Waals surface area contributed by atoms with Gasteiger partial charge < -0.3 is 10.4 Å². The van der Waals surface area contributed by atoms with E-state index in [1.165, 1.54) is 24.3 Å². The van der Waals surface area contributed by atoms with E-state index in [4.69, 9.17) is 5.11 Å². The van der Waals surface area contributed by atoms with Gasteiger partial charge >= 0.3 is 5.97 Å². The van der Waals surface area contributed by atoms with Crippen molar-refractivity contribution in [1.29, 1.82) is 0 Å². The highest BCUT2D eigenvalue weighted by Gasteiger charge is 2.37. The number of carbonyl (C=O) groups excluding carboxylic acids is 1. The minimum atomic E-state index is -1.09. The second-order valence-electron chi connectivity index (χ2n) is 5.28. The number of carboxylic acids is 1. The number of benzene rings is 1. The van der Waals surface area contributed by atoms with Crippen molar-refractivity contribution in [1.82, 2.24) is 5.32 Å². The van der Waals surface area contributed by atoms with Crippen molar-refractivity contribution in [2.45, 2.75) is 32.2 Å². The molecule has 1 amide bonds. The van der Waals surface area contributed by atoms with Crippen LogP contribution in [0.3, 0.4) is 0 Å². The molecule has 21 heavy (non-hydrogen) atoms. The summed E-state index contributed by atoms with van der Waals surface area (Å²) in [5.74, 6) is -1.64. The van der Waals surface area contributed by atoms with Gasteiger partial charge in [-0.05, 0) is 42.5 Å². The molecule has 112 valence electrons. The maximum Gasteiger partial charge on any atom is 0.328 e. The van der Waals surface area contributed by atoms with Crippen molar-refractivity contribution >= 4 is 18.0 Å². The maximum atomic E-state index is 13.7. The zero-order valence-electron chi connectivity index (χ0n) is 11.8. The second kappa shape index (κ2) is 6.52. The van der Waals surface area contributed by atoms with Gasteiger partial charge in [0.25, 0.3) is 5.91 Å². The molecule has 0 bridgehead atoms. The maximum absolute atomic E-state index is 13.7. The Morgan fingerprint density at radius 2 is 2.24 bits per heavy atom. The molecule has 1 aromatic rings. The van der Waals surface area contributed by atoms with Gasteiger partial charge in [0.05, 0.1) is 5.56 Å². The summed E-state index contributed by atoms with van der Waals surface area (Å²) >= 11 is 0. The summed E-state index contributed by atoms with van der Waals surface area (Å²) in [4.78, 5) is 22.5. The van der Waals surface area contributed by atoms with E-state index in [9.17, 15) is 14.0 Å². The van der Waals surface area contributed by atoms with Crippen LogP contribution in [0.2, 0.25) is 0 Å². The van der Waals surface area contributed by atoms with Crippen LogP contribution in [0.4, 0.5) is 4.39 Å². The topological polar surface area (TPSA) is 66.4 Å². The number of halogens is 1. The van der Waals surface area contributed by atoms with Crippen LogP contribution in [-0.4, -0.2) is 23.0 Å². The lowest BCUT2D eigenvalue weighted by Crippen LogP contribution is -2.27. The van der Waals surface area contributed by atoms with E-state index in [-0.39, 0.29) is 11.6 Å². The molecule has 5 heteroatoms. The molecule has 4 nitrogen and oxygen atoms in total. The number of hydrogen-bond donors (Lipinski definition) is 2. The Labute approximate surface area is 122 Å². The van der Waals surface area contributed by atoms with Crippen molar-refractivity contribution in [3.63, 3.8) is 0 Å². The van der Waals surface area contributed by atoms with Gasteiger partial charge in [-0.1, -0.05) is 19.4 Å². The molecule has 2 N–H and O–H groups in total. The van der Waals surface area contributed by atoms with Crippen LogP contribution in [0.5, 0.6) is 0 Å². The van der Waals surface area contributed by atoms with E-state index in [1.54, 1.807) is 0 Å². The summed E-state index contributed by atoms with van der Waals surface area (Å²) in [6, 6.07) is 4.10. The van der Waals surface area contributed by atoms with Gasteiger partial charge in [0.15, 0.2) is 0 Å². The van der Waals surface area contributed by atoms with Gasteiger partial charge in [0.2, 0.25) is 0 Å². The molecular weight excluding hydrogens is 273 g/mol. The predicted molar refractivity (Wildman–Crippen MR) is 77.3 cm³/mol. The van der Waals surface area contributed by atoms with E-state index in [1.807, 2.05) is 0 Å². The average molecular weight is 291 g/mol. The summed E-state index contributed by atoms with van der Waals surface area (Å²) in [5, 5.41) is 11.4. The smallest absolute Gasteiger partial charge is 0.328 e. The molecule has 1 aromatic carbocycles. The van der Waals surface area contributed by atoms with E-state index >= 15 is 0 Å². The third kappa shape index (κ3) is 4.15. The number of carboxylic acid groups (broad SMARTS) is 1. The molecule has 0 aliphatic heterocycles. The lowest BCUT2D eigenvalue weighted by atomic mass is 10.1. The molecular formula is C16H18FNO3. The Balaban J connectivity index is 2.06. The SMILES string of the molecule is CCCC1CC1NC(=O)c1cc(/C=C/C(=O)O)ccc1F. The van der Waals surface area contributed by atoms with Gasteiger partial charge in [-0.15, -0.1) is 0 Å². The van der Waals surface area contributed by atoms with Crippen LogP contribution in [0, 0.1) is 11.7 Å². The zero-order chi connectivity index (χ0) is 15.4. The first kappa shape index (κ1) is 15.2. The molecule has 1 saturated carbocycles. The summed E-state index contributed by atoms with van der Waals surface area (Å²) in [7, 11) is 0. The minimum absolute atomic E-state index is 0.0512. The quantitative estimate of drug-likeness (QED) is 0.792. The molecule has 0 spiro atoms. The predicted octanol–water partition coefficient (Wildman–Crippen LogP) is 2.84. The molecule has 1 fully saturated rings. The molecule has 2 atom stereocenters. The third-order valence-electron chi connectivity index (χ3n) is 3.55. The Bertz CT molecular complexity index is 583. The Hall–Kier alpha value is -2.17. The van der Waals surface area contributed by atoms with Crippen LogP contribution < -0.4 is 5.32 Å². The number of aliphatic carboxylic acids is 1. The van der Waals surface area contributed by atoms with Gasteiger partial charge in [0.1, 0.15) is 5.82 Å². The first-order valence-corrected chi connectivity index (χ1v) is 7.02. The Kier molecular flexibility index (Phi) is 4.73. The lowest BCUT2D eigenvalue weighted by molar-refractivity contribution is -0.131. The molecule has 0 saturated heterocycles. The molecule has 1 aliphatic rings. The summed E-state index contributed by atoms with van der Waals surface area (Å²) < 4.78 is 13.7. The second-order valence-corrected chi connectivity index (χ2v) is 5.28. The van der Waals surface area contributed by atoms with Crippen LogP contribution in [-0.2, 0) is 4.79 Å². The fraction of sp³-hybridized carbons (Fsp3) is 0.375. The number of amides is 1. The van der Waals surface area contributed by atoms with Crippen molar-refractivity contribution in [2.75, 3.05) is 0 Å². The Morgan fingerprint density at radius 1 is 1.48 bits per heavy atom. The molecule has 0 radical (unpaired) electrons. The summed E-state index contributed by atoms with van der Waals surface area (Å²) in [6.45, 7) is 2.09. The molecule has 0 heterocycles. The van der Waals surface area contributed by atoms with Gasteiger partial charge in [-0.2, -0.15) is 0 Å². The van der Waals surface area contributed by atoms with Crippen molar-refractivity contribution in [3.05, 3.63) is 41.2 Å². The fourth-order valence-corrected chi connectivity index (χ4v) is 2.35. The molecule has 2 rings (SSSR count). The number of carbonyl (C=O) groups is 2. The summed E-state index contributed by atoms with van der Waals surface area (Å²) in [5.41, 5.74) is 0.426. The molecule has 2 unspecified atom stereocenters. The van der Waals surface area contributed by atoms with Crippen LogP contribution in [0.1, 0.15) is 42.1 Å². The number of hydrogen-bond acceptors (Lipinski definition) is 2. The number of rotatable bonds is 6. The molecule has 0 aromatic heterocycles. The Morgan fingerprint density at radius 3 is 2.90 bits per heavy atom. The highest BCUT2D eigenvalue weighted by molar-refractivity contribution is 5.95. The van der Waals surface area contributed by atoms with E-state index in [2.05, 4.69) is 12.2 Å². The minimum Gasteiger partial charge on any atom is -0.478 e. The lowest BCUT2D eigenvalue weighted by Gasteiger charge is -2.06. The monoisotopic (exact) mass is 291 g/mol. The third-order valence-corrected chi connectivity index (χ3v) is 3.55. The van der Waals surface area contributed by atoms with Crippen molar-refractivity contribution in [2.24, 2.45) is 5.92 Å². The highest BCUT2D eigenvalue weighted by Crippen LogP contribution is 2.34.